The van der Waals surface area contributed by atoms with Gasteiger partial charge in [0.1, 0.15) is 0 Å². The van der Waals surface area contributed by atoms with E-state index < -0.39 is 0 Å². The van der Waals surface area contributed by atoms with Gasteiger partial charge in [0, 0.05) is 34.9 Å². The molecule has 0 bridgehead atoms. The first-order chi connectivity index (χ1) is 7.66. The average molecular weight is 303 g/mol. The van der Waals surface area contributed by atoms with Gasteiger partial charge in [-0.25, -0.2) is 4.79 Å². The molecule has 3 nitrogen and oxygen atoms in total. The van der Waals surface area contributed by atoms with Gasteiger partial charge in [0.25, 0.3) is 0 Å². The molecular formula is C11H15BrN2OS. The van der Waals surface area contributed by atoms with E-state index in [0.29, 0.717) is 6.54 Å². The summed E-state index contributed by atoms with van der Waals surface area (Å²) < 4.78 is 1.09. The highest BCUT2D eigenvalue weighted by atomic mass is 79.9. The second kappa shape index (κ2) is 5.19. The number of carbonyl (C=O) groups excluding carboxylic acids is 1. The molecule has 1 saturated heterocycles. The zero-order valence-corrected chi connectivity index (χ0v) is 11.7. The number of carbonyl (C=O) groups is 1. The van der Waals surface area contributed by atoms with Gasteiger partial charge in [0.2, 0.25) is 0 Å². The van der Waals surface area contributed by atoms with Crippen molar-refractivity contribution in [2.75, 3.05) is 20.1 Å². The Morgan fingerprint density at radius 1 is 1.56 bits per heavy atom. The summed E-state index contributed by atoms with van der Waals surface area (Å²) in [7, 11) is 1.87. The lowest BCUT2D eigenvalue weighted by Gasteiger charge is -2.23. The van der Waals surface area contributed by atoms with Gasteiger partial charge < -0.3 is 9.80 Å². The third kappa shape index (κ3) is 2.77. The molecule has 1 fully saturated rings. The molecule has 2 heterocycles. The van der Waals surface area contributed by atoms with Crippen LogP contribution in [0, 0.1) is 0 Å². The summed E-state index contributed by atoms with van der Waals surface area (Å²) in [5.41, 5.74) is 0. The standard InChI is InChI=1S/C11H15BrN2OS/c1-13(7-10-6-9(12)8-16-10)11(15)14-4-2-3-5-14/h6,8H,2-5,7H2,1H3. The van der Waals surface area contributed by atoms with E-state index in [1.165, 1.54) is 4.88 Å². The van der Waals surface area contributed by atoms with Crippen molar-refractivity contribution in [3.8, 4) is 0 Å². The highest BCUT2D eigenvalue weighted by molar-refractivity contribution is 9.10. The molecule has 0 N–H and O–H groups in total. The zero-order chi connectivity index (χ0) is 11.5. The molecule has 0 aromatic carbocycles. The lowest BCUT2D eigenvalue weighted by molar-refractivity contribution is 0.171. The van der Waals surface area contributed by atoms with Crippen molar-refractivity contribution in [3.63, 3.8) is 0 Å². The SMILES string of the molecule is CN(Cc1cc(Br)cs1)C(=O)N1CCCC1. The number of hydrogen-bond acceptors (Lipinski definition) is 2. The maximum Gasteiger partial charge on any atom is 0.320 e. The Hall–Kier alpha value is -0.550. The third-order valence-corrected chi connectivity index (χ3v) is 4.40. The largest absolute Gasteiger partial charge is 0.325 e. The fourth-order valence-electron chi connectivity index (χ4n) is 1.89. The van der Waals surface area contributed by atoms with Crippen molar-refractivity contribution in [2.45, 2.75) is 19.4 Å². The van der Waals surface area contributed by atoms with Gasteiger partial charge in [-0.1, -0.05) is 0 Å². The molecule has 0 spiro atoms. The van der Waals surface area contributed by atoms with Gasteiger partial charge in [-0.2, -0.15) is 0 Å². The Bertz CT molecular complexity index is 374. The van der Waals surface area contributed by atoms with Crippen LogP contribution in [0.3, 0.4) is 0 Å². The minimum Gasteiger partial charge on any atom is -0.325 e. The molecule has 0 aliphatic carbocycles. The first kappa shape index (κ1) is 11.9. The van der Waals surface area contributed by atoms with Gasteiger partial charge in [0.15, 0.2) is 0 Å². The van der Waals surface area contributed by atoms with Crippen LogP contribution in [0.4, 0.5) is 4.79 Å². The normalized spacial score (nSPS) is 15.5. The second-order valence-corrected chi connectivity index (χ2v) is 5.98. The summed E-state index contributed by atoms with van der Waals surface area (Å²) in [5.74, 6) is 0. The number of halogens is 1. The van der Waals surface area contributed by atoms with Crippen LogP contribution in [0.15, 0.2) is 15.9 Å². The van der Waals surface area contributed by atoms with Crippen LogP contribution < -0.4 is 0 Å². The van der Waals surface area contributed by atoms with Gasteiger partial charge in [-0.05, 0) is 34.8 Å². The van der Waals surface area contributed by atoms with E-state index in [1.807, 2.05) is 17.3 Å². The number of urea groups is 1. The van der Waals surface area contributed by atoms with Crippen molar-refractivity contribution in [3.05, 3.63) is 20.8 Å². The van der Waals surface area contributed by atoms with Crippen LogP contribution in [0.25, 0.3) is 0 Å². The van der Waals surface area contributed by atoms with Crippen molar-refractivity contribution in [1.82, 2.24) is 9.80 Å². The Balaban J connectivity index is 1.91. The van der Waals surface area contributed by atoms with Crippen LogP contribution in [0.5, 0.6) is 0 Å². The molecule has 1 aliphatic heterocycles. The molecule has 5 heteroatoms. The summed E-state index contributed by atoms with van der Waals surface area (Å²) in [6, 6.07) is 2.22. The van der Waals surface area contributed by atoms with Crippen LogP contribution in [0.2, 0.25) is 0 Å². The number of amides is 2. The van der Waals surface area contributed by atoms with Crippen molar-refractivity contribution < 1.29 is 4.79 Å². The highest BCUT2D eigenvalue weighted by Crippen LogP contribution is 2.21. The molecule has 16 heavy (non-hydrogen) atoms. The fraction of sp³-hybridized carbons (Fsp3) is 0.545. The highest BCUT2D eigenvalue weighted by Gasteiger charge is 2.21. The molecule has 88 valence electrons. The van der Waals surface area contributed by atoms with E-state index >= 15 is 0 Å². The Morgan fingerprint density at radius 3 is 2.81 bits per heavy atom. The molecule has 2 rings (SSSR count). The van der Waals surface area contributed by atoms with Crippen molar-refractivity contribution in [2.24, 2.45) is 0 Å². The minimum absolute atomic E-state index is 0.155. The van der Waals surface area contributed by atoms with E-state index in [4.69, 9.17) is 0 Å². The minimum atomic E-state index is 0.155. The molecule has 1 aromatic heterocycles. The molecular weight excluding hydrogens is 288 g/mol. The second-order valence-electron chi connectivity index (χ2n) is 4.06. The summed E-state index contributed by atoms with van der Waals surface area (Å²) in [6.45, 7) is 2.53. The molecule has 1 aliphatic rings. The number of nitrogens with zero attached hydrogens (tertiary/aromatic N) is 2. The lowest BCUT2D eigenvalue weighted by atomic mass is 10.4. The Morgan fingerprint density at radius 2 is 2.25 bits per heavy atom. The summed E-state index contributed by atoms with van der Waals surface area (Å²) >= 11 is 5.10. The lowest BCUT2D eigenvalue weighted by Crippen LogP contribution is -2.38. The topological polar surface area (TPSA) is 23.6 Å². The van der Waals surface area contributed by atoms with E-state index in [0.717, 1.165) is 30.4 Å². The summed E-state index contributed by atoms with van der Waals surface area (Å²) in [5, 5.41) is 2.05. The third-order valence-electron chi connectivity index (χ3n) is 2.72. The molecule has 0 unspecified atom stereocenters. The van der Waals surface area contributed by atoms with E-state index in [1.54, 1.807) is 16.2 Å². The first-order valence-electron chi connectivity index (χ1n) is 5.40. The predicted octanol–water partition coefficient (Wildman–Crippen LogP) is 3.16. The number of rotatable bonds is 2. The fourth-order valence-corrected chi connectivity index (χ4v) is 3.39. The van der Waals surface area contributed by atoms with Crippen molar-refractivity contribution in [1.29, 1.82) is 0 Å². The quantitative estimate of drug-likeness (QED) is 0.823. The van der Waals surface area contributed by atoms with Gasteiger partial charge in [0.05, 0.1) is 6.54 Å². The maximum atomic E-state index is 12.0. The molecule has 2 amide bonds. The number of likely N-dealkylation sites (tertiary alicyclic amines) is 1. The van der Waals surface area contributed by atoms with Crippen LogP contribution in [-0.4, -0.2) is 36.0 Å². The zero-order valence-electron chi connectivity index (χ0n) is 9.28. The molecule has 0 saturated carbocycles. The van der Waals surface area contributed by atoms with Crippen LogP contribution in [-0.2, 0) is 6.54 Å². The van der Waals surface area contributed by atoms with E-state index in [9.17, 15) is 4.79 Å². The summed E-state index contributed by atoms with van der Waals surface area (Å²) in [6.07, 6.45) is 2.29. The molecule has 1 aromatic rings. The van der Waals surface area contributed by atoms with Gasteiger partial charge in [-0.15, -0.1) is 11.3 Å². The molecule has 0 atom stereocenters. The number of hydrogen-bond donors (Lipinski definition) is 0. The van der Waals surface area contributed by atoms with Crippen molar-refractivity contribution >= 4 is 33.3 Å². The van der Waals surface area contributed by atoms with Crippen LogP contribution >= 0.6 is 27.3 Å². The average Bonchev–Trinajstić information content (AvgIpc) is 2.88. The van der Waals surface area contributed by atoms with E-state index in [-0.39, 0.29) is 6.03 Å². The predicted molar refractivity (Wildman–Crippen MR) is 69.7 cm³/mol. The maximum absolute atomic E-state index is 12.0. The molecule has 0 radical (unpaired) electrons. The van der Waals surface area contributed by atoms with E-state index in [2.05, 4.69) is 22.0 Å². The monoisotopic (exact) mass is 302 g/mol. The number of thiophene rings is 1. The van der Waals surface area contributed by atoms with Crippen LogP contribution in [0.1, 0.15) is 17.7 Å². The Kier molecular flexibility index (Phi) is 3.86. The van der Waals surface area contributed by atoms with Gasteiger partial charge in [-0.3, -0.25) is 0 Å². The Labute approximate surface area is 108 Å². The first-order valence-corrected chi connectivity index (χ1v) is 7.07. The summed E-state index contributed by atoms with van der Waals surface area (Å²) in [4.78, 5) is 16.9. The smallest absolute Gasteiger partial charge is 0.320 e. The van der Waals surface area contributed by atoms with Gasteiger partial charge >= 0.3 is 6.03 Å².